The molecule has 0 saturated carbocycles. The maximum Gasteiger partial charge on any atom is 0.245 e. The summed E-state index contributed by atoms with van der Waals surface area (Å²) in [6.07, 6.45) is -0.0247. The number of rotatable bonds is 8. The van der Waals surface area contributed by atoms with Gasteiger partial charge in [0.1, 0.15) is 16.3 Å². The Morgan fingerprint density at radius 2 is 2.00 bits per heavy atom. The van der Waals surface area contributed by atoms with Crippen LogP contribution in [0.1, 0.15) is 24.8 Å². The average Bonchev–Trinajstić information content (AvgIpc) is 2.89. The highest BCUT2D eigenvalue weighted by atomic mass is 32.2. The van der Waals surface area contributed by atoms with E-state index in [2.05, 4.69) is 15.2 Å². The molecule has 136 valence electrons. The van der Waals surface area contributed by atoms with Crippen molar-refractivity contribution in [3.8, 4) is 5.75 Å². The normalized spacial score (nSPS) is 11.3. The van der Waals surface area contributed by atoms with Gasteiger partial charge in [0, 0.05) is 13.0 Å². The average molecular weight is 367 g/mol. The number of anilines is 1. The van der Waals surface area contributed by atoms with Crippen LogP contribution < -0.4 is 14.8 Å². The molecule has 0 aliphatic carbocycles. The van der Waals surface area contributed by atoms with Crippen molar-refractivity contribution in [2.45, 2.75) is 32.1 Å². The highest BCUT2D eigenvalue weighted by Crippen LogP contribution is 2.23. The number of nitrogens with zero attached hydrogens (tertiary/aromatic N) is 1. The number of aromatic nitrogens is 1. The van der Waals surface area contributed by atoms with Crippen LogP contribution in [0.4, 0.5) is 5.69 Å². The summed E-state index contributed by atoms with van der Waals surface area (Å²) in [4.78, 5) is 12.1. The first kappa shape index (κ1) is 18.9. The summed E-state index contributed by atoms with van der Waals surface area (Å²) in [6, 6.07) is 7.05. The third-order valence-electron chi connectivity index (χ3n) is 3.34. The van der Waals surface area contributed by atoms with Crippen molar-refractivity contribution in [2.24, 2.45) is 0 Å². The smallest absolute Gasteiger partial charge is 0.245 e. The van der Waals surface area contributed by atoms with E-state index in [-0.39, 0.29) is 35.2 Å². The lowest BCUT2D eigenvalue weighted by Crippen LogP contribution is -2.28. The van der Waals surface area contributed by atoms with Crippen LogP contribution in [0.5, 0.6) is 5.75 Å². The van der Waals surface area contributed by atoms with E-state index in [1.54, 1.807) is 31.2 Å². The van der Waals surface area contributed by atoms with Gasteiger partial charge in [0.15, 0.2) is 5.76 Å². The molecule has 1 aromatic carbocycles. The molecule has 1 amide bonds. The molecule has 2 rings (SSSR count). The van der Waals surface area contributed by atoms with E-state index in [0.717, 1.165) is 0 Å². The summed E-state index contributed by atoms with van der Waals surface area (Å²) >= 11 is 0. The van der Waals surface area contributed by atoms with Crippen LogP contribution in [-0.4, -0.2) is 32.6 Å². The predicted molar refractivity (Wildman–Crippen MR) is 92.0 cm³/mol. The number of sulfonamides is 1. The molecule has 0 radical (unpaired) electrons. The number of amides is 1. The van der Waals surface area contributed by atoms with Crippen LogP contribution in [0.25, 0.3) is 0 Å². The fourth-order valence-corrected chi connectivity index (χ4v) is 3.65. The van der Waals surface area contributed by atoms with Crippen molar-refractivity contribution in [2.75, 3.05) is 18.5 Å². The van der Waals surface area contributed by atoms with Gasteiger partial charge in [0.25, 0.3) is 0 Å². The van der Waals surface area contributed by atoms with Crippen molar-refractivity contribution in [1.82, 2.24) is 9.88 Å². The van der Waals surface area contributed by atoms with Crippen molar-refractivity contribution in [3.05, 3.63) is 35.7 Å². The van der Waals surface area contributed by atoms with E-state index in [4.69, 9.17) is 9.26 Å². The molecule has 25 heavy (non-hydrogen) atoms. The molecule has 2 N–H and O–H groups in total. The zero-order valence-corrected chi connectivity index (χ0v) is 15.1. The maximum atomic E-state index is 12.3. The standard InChI is InChI=1S/C16H21N3O5S/c1-4-23-14-8-6-5-7-13(14)18-15(20)9-10-17-25(21,22)16-11(2)19-24-12(16)3/h5-8,17H,4,9-10H2,1-3H3,(H,18,20). The first-order chi connectivity index (χ1) is 11.8. The van der Waals surface area contributed by atoms with Crippen LogP contribution in [0.2, 0.25) is 0 Å². The fraction of sp³-hybridized carbons (Fsp3) is 0.375. The van der Waals surface area contributed by atoms with Gasteiger partial charge in [-0.15, -0.1) is 0 Å². The highest BCUT2D eigenvalue weighted by molar-refractivity contribution is 7.89. The lowest BCUT2D eigenvalue weighted by molar-refractivity contribution is -0.116. The third kappa shape index (κ3) is 4.80. The van der Waals surface area contributed by atoms with E-state index >= 15 is 0 Å². The van der Waals surface area contributed by atoms with Crippen LogP contribution >= 0.6 is 0 Å². The Labute approximate surface area is 146 Å². The van der Waals surface area contributed by atoms with Gasteiger partial charge in [0.05, 0.1) is 12.3 Å². The summed E-state index contributed by atoms with van der Waals surface area (Å²) < 4.78 is 37.2. The van der Waals surface area contributed by atoms with Gasteiger partial charge in [-0.2, -0.15) is 0 Å². The second-order valence-electron chi connectivity index (χ2n) is 5.28. The van der Waals surface area contributed by atoms with Crippen molar-refractivity contribution in [3.63, 3.8) is 0 Å². The van der Waals surface area contributed by atoms with Gasteiger partial charge >= 0.3 is 0 Å². The number of carbonyl (C=O) groups is 1. The summed E-state index contributed by atoms with van der Waals surface area (Å²) in [7, 11) is -3.77. The van der Waals surface area contributed by atoms with Crippen LogP contribution in [-0.2, 0) is 14.8 Å². The minimum atomic E-state index is -3.77. The molecule has 0 saturated heterocycles. The SMILES string of the molecule is CCOc1ccccc1NC(=O)CCNS(=O)(=O)c1c(C)noc1C. The van der Waals surface area contributed by atoms with E-state index in [1.165, 1.54) is 6.92 Å². The number of para-hydroxylation sites is 2. The number of hydrogen-bond donors (Lipinski definition) is 2. The van der Waals surface area contributed by atoms with Gasteiger partial charge in [-0.3, -0.25) is 4.79 Å². The van der Waals surface area contributed by atoms with Gasteiger partial charge < -0.3 is 14.6 Å². The van der Waals surface area contributed by atoms with Crippen molar-refractivity contribution >= 4 is 21.6 Å². The van der Waals surface area contributed by atoms with Gasteiger partial charge in [-0.1, -0.05) is 17.3 Å². The molecule has 0 unspecified atom stereocenters. The Morgan fingerprint density at radius 3 is 2.64 bits per heavy atom. The number of aryl methyl sites for hydroxylation is 2. The van der Waals surface area contributed by atoms with E-state index in [1.807, 2.05) is 6.92 Å². The molecule has 0 atom stereocenters. The van der Waals surface area contributed by atoms with Crippen molar-refractivity contribution in [1.29, 1.82) is 0 Å². The van der Waals surface area contributed by atoms with Crippen LogP contribution in [0, 0.1) is 13.8 Å². The molecule has 2 aromatic rings. The number of nitrogens with one attached hydrogen (secondary N) is 2. The summed E-state index contributed by atoms with van der Waals surface area (Å²) in [6.45, 7) is 5.34. The molecule has 9 heteroatoms. The Bertz CT molecular complexity index is 826. The van der Waals surface area contributed by atoms with Gasteiger partial charge in [-0.25, -0.2) is 13.1 Å². The van der Waals surface area contributed by atoms with E-state index in [9.17, 15) is 13.2 Å². The summed E-state index contributed by atoms with van der Waals surface area (Å²) in [5.74, 6) is 0.448. The van der Waals surface area contributed by atoms with Crippen LogP contribution in [0.15, 0.2) is 33.7 Å². The maximum absolute atomic E-state index is 12.3. The Kier molecular flexibility index (Phi) is 6.16. The molecular weight excluding hydrogens is 346 g/mol. The lowest BCUT2D eigenvalue weighted by atomic mass is 10.3. The Morgan fingerprint density at radius 1 is 1.28 bits per heavy atom. The molecule has 0 fully saturated rings. The minimum absolute atomic E-state index is 0.00889. The molecule has 1 heterocycles. The summed E-state index contributed by atoms with van der Waals surface area (Å²) in [5, 5.41) is 6.33. The fourth-order valence-electron chi connectivity index (χ4n) is 2.29. The lowest BCUT2D eigenvalue weighted by Gasteiger charge is -2.11. The molecule has 0 aliphatic heterocycles. The predicted octanol–water partition coefficient (Wildman–Crippen LogP) is 2.00. The molecule has 0 spiro atoms. The summed E-state index contributed by atoms with van der Waals surface area (Å²) in [5.41, 5.74) is 0.822. The third-order valence-corrected chi connectivity index (χ3v) is 5.05. The number of benzene rings is 1. The minimum Gasteiger partial charge on any atom is -0.492 e. The second-order valence-corrected chi connectivity index (χ2v) is 6.98. The first-order valence-electron chi connectivity index (χ1n) is 7.79. The zero-order valence-electron chi connectivity index (χ0n) is 14.3. The number of carbonyl (C=O) groups excluding carboxylic acids is 1. The quantitative estimate of drug-likeness (QED) is 0.738. The molecule has 0 aliphatic rings. The van der Waals surface area contributed by atoms with E-state index < -0.39 is 10.0 Å². The van der Waals surface area contributed by atoms with E-state index in [0.29, 0.717) is 18.0 Å². The monoisotopic (exact) mass is 367 g/mol. The molecular formula is C16H21N3O5S. The number of hydrogen-bond acceptors (Lipinski definition) is 6. The van der Waals surface area contributed by atoms with Gasteiger partial charge in [-0.05, 0) is 32.9 Å². The highest BCUT2D eigenvalue weighted by Gasteiger charge is 2.23. The first-order valence-corrected chi connectivity index (χ1v) is 9.27. The molecule has 0 bridgehead atoms. The second kappa shape index (κ2) is 8.13. The van der Waals surface area contributed by atoms with Crippen molar-refractivity contribution < 1.29 is 22.5 Å². The Balaban J connectivity index is 1.93. The largest absolute Gasteiger partial charge is 0.492 e. The topological polar surface area (TPSA) is 111 Å². The Hall–Kier alpha value is -2.39. The molecule has 8 nitrogen and oxygen atoms in total. The van der Waals surface area contributed by atoms with Gasteiger partial charge in [0.2, 0.25) is 15.9 Å². The zero-order chi connectivity index (χ0) is 18.4. The number of ether oxygens (including phenoxy) is 1. The van der Waals surface area contributed by atoms with Crippen LogP contribution in [0.3, 0.4) is 0 Å². The molecule has 1 aromatic heterocycles.